The van der Waals surface area contributed by atoms with Gasteiger partial charge < -0.3 is 5.84 Å². The molecular formula is C25H26N4OS. The maximum absolute atomic E-state index is 12.9. The zero-order chi connectivity index (χ0) is 21.8. The van der Waals surface area contributed by atoms with E-state index < -0.39 is 0 Å². The summed E-state index contributed by atoms with van der Waals surface area (Å²) >= 11 is 1.34. The molecule has 4 rings (SSSR count). The van der Waals surface area contributed by atoms with Crippen LogP contribution >= 0.6 is 11.8 Å². The van der Waals surface area contributed by atoms with Crippen molar-refractivity contribution in [2.24, 2.45) is 0 Å². The van der Waals surface area contributed by atoms with E-state index in [9.17, 15) is 4.79 Å². The molecule has 1 aromatic heterocycles. The first-order chi connectivity index (χ1) is 15.1. The lowest BCUT2D eigenvalue weighted by atomic mass is 10.0. The van der Waals surface area contributed by atoms with Crippen LogP contribution in [0.5, 0.6) is 0 Å². The van der Waals surface area contributed by atoms with Gasteiger partial charge >= 0.3 is 0 Å². The van der Waals surface area contributed by atoms with Gasteiger partial charge in [0.05, 0.1) is 5.25 Å². The van der Waals surface area contributed by atoms with Crippen molar-refractivity contribution in [3.05, 3.63) is 89.2 Å². The summed E-state index contributed by atoms with van der Waals surface area (Å²) < 4.78 is 1.50. The molecule has 31 heavy (non-hydrogen) atoms. The predicted molar refractivity (Wildman–Crippen MR) is 127 cm³/mol. The topological polar surface area (TPSA) is 73.8 Å². The van der Waals surface area contributed by atoms with Gasteiger partial charge in [0.2, 0.25) is 5.16 Å². The molecule has 1 heterocycles. The fourth-order valence-electron chi connectivity index (χ4n) is 3.70. The first-order valence-corrected chi connectivity index (χ1v) is 11.4. The van der Waals surface area contributed by atoms with E-state index in [2.05, 4.69) is 41.4 Å². The van der Waals surface area contributed by atoms with E-state index in [1.54, 1.807) is 0 Å². The van der Waals surface area contributed by atoms with Crippen molar-refractivity contribution in [2.45, 2.75) is 43.5 Å². The summed E-state index contributed by atoms with van der Waals surface area (Å²) in [5, 5.41) is 11.1. The largest absolute Gasteiger partial charge is 0.336 e. The molecule has 0 fully saturated rings. The fraction of sp³-hybridized carbons (Fsp3) is 0.240. The Morgan fingerprint density at radius 1 is 1.03 bits per heavy atom. The minimum atomic E-state index is -0.311. The van der Waals surface area contributed by atoms with Gasteiger partial charge in [0.15, 0.2) is 11.6 Å². The van der Waals surface area contributed by atoms with Gasteiger partial charge in [-0.15, -0.1) is 10.2 Å². The predicted octanol–water partition coefficient (Wildman–Crippen LogP) is 5.05. The van der Waals surface area contributed by atoms with E-state index in [0.29, 0.717) is 23.0 Å². The van der Waals surface area contributed by atoms with Gasteiger partial charge in [0.1, 0.15) is 0 Å². The highest BCUT2D eigenvalue weighted by Crippen LogP contribution is 2.26. The molecule has 0 saturated carbocycles. The zero-order valence-electron chi connectivity index (χ0n) is 17.8. The molecule has 0 amide bonds. The Morgan fingerprint density at radius 2 is 1.77 bits per heavy atom. The molecule has 1 atom stereocenters. The Labute approximate surface area is 186 Å². The first-order valence-electron chi connectivity index (χ1n) is 10.5. The number of carbonyl (C=O) groups is 1. The van der Waals surface area contributed by atoms with E-state index in [1.807, 2.05) is 49.4 Å². The van der Waals surface area contributed by atoms with Gasteiger partial charge in [-0.25, -0.2) is 4.68 Å². The molecule has 0 aliphatic heterocycles. The third-order valence-electron chi connectivity index (χ3n) is 5.39. The van der Waals surface area contributed by atoms with Crippen LogP contribution in [0, 0.1) is 0 Å². The van der Waals surface area contributed by atoms with Crippen LogP contribution in [0.3, 0.4) is 0 Å². The second-order valence-corrected chi connectivity index (χ2v) is 8.96. The average molecular weight is 431 g/mol. The molecule has 2 N–H and O–H groups in total. The minimum absolute atomic E-state index is 0.0617. The zero-order valence-corrected chi connectivity index (χ0v) is 18.6. The van der Waals surface area contributed by atoms with E-state index in [1.165, 1.54) is 32.8 Å². The van der Waals surface area contributed by atoms with Crippen LogP contribution in [-0.2, 0) is 12.8 Å². The number of ketones is 1. The number of nitrogen functional groups attached to an aromatic ring is 1. The van der Waals surface area contributed by atoms with Crippen molar-refractivity contribution >= 4 is 28.3 Å². The molecule has 6 heteroatoms. The summed E-state index contributed by atoms with van der Waals surface area (Å²) in [6.45, 7) is 4.03. The molecule has 0 aliphatic carbocycles. The summed E-state index contributed by atoms with van der Waals surface area (Å²) in [6, 6.07) is 22.3. The van der Waals surface area contributed by atoms with Crippen molar-refractivity contribution in [2.75, 3.05) is 5.84 Å². The molecule has 1 unspecified atom stereocenters. The van der Waals surface area contributed by atoms with Gasteiger partial charge in [-0.05, 0) is 35.2 Å². The smallest absolute Gasteiger partial charge is 0.210 e. The van der Waals surface area contributed by atoms with Crippen molar-refractivity contribution in [3.63, 3.8) is 0 Å². The lowest BCUT2D eigenvalue weighted by Crippen LogP contribution is -2.18. The number of aromatic nitrogens is 3. The number of thioether (sulfide) groups is 1. The second kappa shape index (κ2) is 9.35. The second-order valence-electron chi connectivity index (χ2n) is 7.66. The Hall–Kier alpha value is -3.12. The van der Waals surface area contributed by atoms with Crippen molar-refractivity contribution in [1.29, 1.82) is 0 Å². The minimum Gasteiger partial charge on any atom is -0.336 e. The molecule has 5 nitrogen and oxygen atoms in total. The highest BCUT2D eigenvalue weighted by Gasteiger charge is 2.21. The number of benzene rings is 3. The highest BCUT2D eigenvalue weighted by molar-refractivity contribution is 8.00. The fourth-order valence-corrected chi connectivity index (χ4v) is 4.56. The molecule has 4 aromatic rings. The quantitative estimate of drug-likeness (QED) is 0.240. The Balaban J connectivity index is 1.48. The SMILES string of the molecule is CCCc1ccc(C(=O)C(C)Sc2nnc(Cc3cccc4ccccc34)n2N)cc1. The number of nitrogens with two attached hydrogens (primary N) is 1. The Kier molecular flexibility index (Phi) is 6.37. The molecule has 0 bridgehead atoms. The van der Waals surface area contributed by atoms with Crippen molar-refractivity contribution in [3.8, 4) is 0 Å². The maximum atomic E-state index is 12.9. The Morgan fingerprint density at radius 3 is 2.55 bits per heavy atom. The lowest BCUT2D eigenvalue weighted by molar-refractivity contribution is 0.0994. The molecule has 0 saturated heterocycles. The van der Waals surface area contributed by atoms with Crippen LogP contribution < -0.4 is 5.84 Å². The van der Waals surface area contributed by atoms with E-state index in [0.717, 1.165) is 18.4 Å². The number of carbonyl (C=O) groups excluding carboxylic acids is 1. The standard InChI is InChI=1S/C25H26N4OS/c1-3-7-18-12-14-20(15-13-18)24(30)17(2)31-25-28-27-23(29(25)26)16-21-10-6-9-19-8-4-5-11-22(19)21/h4-6,8-15,17H,3,7,16,26H2,1-2H3. The van der Waals surface area contributed by atoms with E-state index in [-0.39, 0.29) is 11.0 Å². The highest BCUT2D eigenvalue weighted by atomic mass is 32.2. The average Bonchev–Trinajstić information content (AvgIpc) is 3.13. The summed E-state index contributed by atoms with van der Waals surface area (Å²) in [4.78, 5) is 12.9. The number of hydrogen-bond donors (Lipinski definition) is 1. The van der Waals surface area contributed by atoms with Crippen LogP contribution in [0.4, 0.5) is 0 Å². The van der Waals surface area contributed by atoms with Gasteiger partial charge in [-0.2, -0.15) is 0 Å². The van der Waals surface area contributed by atoms with Crippen LogP contribution in [0.2, 0.25) is 0 Å². The molecule has 0 radical (unpaired) electrons. The monoisotopic (exact) mass is 430 g/mol. The lowest BCUT2D eigenvalue weighted by Gasteiger charge is -2.11. The number of aryl methyl sites for hydroxylation is 1. The number of fused-ring (bicyclic) bond motifs is 1. The third kappa shape index (κ3) is 4.64. The molecule has 0 spiro atoms. The third-order valence-corrected chi connectivity index (χ3v) is 6.45. The van der Waals surface area contributed by atoms with Crippen molar-refractivity contribution in [1.82, 2.24) is 14.9 Å². The van der Waals surface area contributed by atoms with E-state index >= 15 is 0 Å². The van der Waals surface area contributed by atoms with Gasteiger partial charge in [0.25, 0.3) is 0 Å². The van der Waals surface area contributed by atoms with Gasteiger partial charge in [-0.3, -0.25) is 4.79 Å². The van der Waals surface area contributed by atoms with Crippen LogP contribution in [0.25, 0.3) is 10.8 Å². The molecule has 3 aromatic carbocycles. The van der Waals surface area contributed by atoms with Crippen LogP contribution in [-0.4, -0.2) is 25.9 Å². The molecule has 158 valence electrons. The summed E-state index contributed by atoms with van der Waals surface area (Å²) in [6.07, 6.45) is 2.69. The number of rotatable bonds is 8. The van der Waals surface area contributed by atoms with Crippen LogP contribution in [0.1, 0.15) is 47.6 Å². The van der Waals surface area contributed by atoms with Gasteiger partial charge in [-0.1, -0.05) is 91.8 Å². The first kappa shape index (κ1) is 21.1. The number of Topliss-reactive ketones (excluding diaryl/α,β-unsaturated/α-hetero) is 1. The molecule has 0 aliphatic rings. The molecular weight excluding hydrogens is 404 g/mol. The Bertz CT molecular complexity index is 1190. The normalized spacial score (nSPS) is 12.2. The summed E-state index contributed by atoms with van der Waals surface area (Å²) in [5.74, 6) is 7.03. The van der Waals surface area contributed by atoms with Gasteiger partial charge in [0, 0.05) is 12.0 Å². The van der Waals surface area contributed by atoms with Crippen molar-refractivity contribution < 1.29 is 4.79 Å². The summed E-state index contributed by atoms with van der Waals surface area (Å²) in [7, 11) is 0. The van der Waals surface area contributed by atoms with Crippen LogP contribution in [0.15, 0.2) is 71.9 Å². The summed E-state index contributed by atoms with van der Waals surface area (Å²) in [5.41, 5.74) is 3.10. The van der Waals surface area contributed by atoms with E-state index in [4.69, 9.17) is 5.84 Å². The maximum Gasteiger partial charge on any atom is 0.210 e. The number of hydrogen-bond acceptors (Lipinski definition) is 5. The number of nitrogens with zero attached hydrogens (tertiary/aromatic N) is 3.